The predicted octanol–water partition coefficient (Wildman–Crippen LogP) is 0.156. The molecule has 0 bridgehead atoms. The molecule has 0 unspecified atom stereocenters. The van der Waals surface area contributed by atoms with E-state index in [4.69, 9.17) is 10.0 Å². The molecule has 1 rings (SSSR count). The molecular weight excluding hydrogens is 159 g/mol. The summed E-state index contributed by atoms with van der Waals surface area (Å²) in [5.41, 5.74) is 1.08. The molecule has 0 amide bonds. The van der Waals surface area contributed by atoms with Gasteiger partial charge in [0.15, 0.2) is 0 Å². The molecule has 0 atom stereocenters. The highest BCUT2D eigenvalue weighted by Crippen LogP contribution is 2.05. The van der Waals surface area contributed by atoms with Crippen molar-refractivity contribution in [2.75, 3.05) is 0 Å². The van der Waals surface area contributed by atoms with Crippen LogP contribution in [0, 0.1) is 0 Å². The van der Waals surface area contributed by atoms with Crippen LogP contribution in [-0.2, 0) is 6.42 Å². The monoisotopic (exact) mass is 168 g/mol. The van der Waals surface area contributed by atoms with E-state index < -0.39 is 7.12 Å². The first-order valence-corrected chi connectivity index (χ1v) is 4.16. The third kappa shape index (κ3) is 2.18. The van der Waals surface area contributed by atoms with Gasteiger partial charge >= 0.3 is 7.12 Å². The van der Waals surface area contributed by atoms with E-state index in [-0.39, 0.29) is 0 Å². The smallest absolute Gasteiger partial charge is 0.423 e. The lowest BCUT2D eigenvalue weighted by atomic mass is 9.89. The van der Waals surface area contributed by atoms with Crippen LogP contribution >= 0.6 is 11.3 Å². The molecule has 2 N–H and O–H groups in total. The molecule has 4 heteroatoms. The first-order chi connectivity index (χ1) is 5.24. The van der Waals surface area contributed by atoms with Crippen molar-refractivity contribution in [3.63, 3.8) is 0 Å². The highest BCUT2D eigenvalue weighted by molar-refractivity contribution is 7.20. The molecule has 0 aliphatic heterocycles. The maximum Gasteiger partial charge on any atom is 0.499 e. The summed E-state index contributed by atoms with van der Waals surface area (Å²) >= 11 is 1.35. The number of thiophene rings is 1. The molecule has 0 aliphatic carbocycles. The standard InChI is InChI=1S/C7H9BO2S/c1-2-3-6-4-7(8(9)10)11-5-6/h2,4-5,9-10H,1,3H2. The lowest BCUT2D eigenvalue weighted by Crippen LogP contribution is -2.26. The lowest BCUT2D eigenvalue weighted by molar-refractivity contribution is 0.427. The number of hydrogen-bond acceptors (Lipinski definition) is 3. The Hall–Kier alpha value is -0.575. The molecule has 0 aliphatic rings. The second-order valence-corrected chi connectivity index (χ2v) is 3.17. The second-order valence-electron chi connectivity index (χ2n) is 2.22. The van der Waals surface area contributed by atoms with Crippen LogP contribution in [0.2, 0.25) is 0 Å². The van der Waals surface area contributed by atoms with Crippen molar-refractivity contribution >= 4 is 23.2 Å². The normalized spacial score (nSPS) is 9.64. The fraction of sp³-hybridized carbons (Fsp3) is 0.143. The number of allylic oxidation sites excluding steroid dienone is 1. The molecule has 0 saturated heterocycles. The zero-order chi connectivity index (χ0) is 8.27. The Bertz CT molecular complexity index is 244. The van der Waals surface area contributed by atoms with Crippen molar-refractivity contribution < 1.29 is 10.0 Å². The summed E-state index contributed by atoms with van der Waals surface area (Å²) in [6, 6.07) is 1.77. The molecule has 1 aromatic heterocycles. The fourth-order valence-electron chi connectivity index (χ4n) is 0.804. The van der Waals surface area contributed by atoms with Gasteiger partial charge in [-0.25, -0.2) is 0 Å². The minimum absolute atomic E-state index is 0.585. The lowest BCUT2D eigenvalue weighted by Gasteiger charge is -1.89. The van der Waals surface area contributed by atoms with Gasteiger partial charge in [-0.05, 0) is 23.4 Å². The van der Waals surface area contributed by atoms with E-state index in [1.54, 1.807) is 12.1 Å². The maximum absolute atomic E-state index is 8.75. The summed E-state index contributed by atoms with van der Waals surface area (Å²) in [5, 5.41) is 19.4. The van der Waals surface area contributed by atoms with Crippen molar-refractivity contribution in [3.8, 4) is 0 Å². The Labute approximate surface area is 70.0 Å². The van der Waals surface area contributed by atoms with Gasteiger partial charge in [-0.3, -0.25) is 0 Å². The van der Waals surface area contributed by atoms with Crippen molar-refractivity contribution in [1.29, 1.82) is 0 Å². The van der Waals surface area contributed by atoms with E-state index in [0.717, 1.165) is 12.0 Å². The van der Waals surface area contributed by atoms with Crippen molar-refractivity contribution in [2.45, 2.75) is 6.42 Å². The Morgan fingerprint density at radius 3 is 2.82 bits per heavy atom. The van der Waals surface area contributed by atoms with Gasteiger partial charge in [0.2, 0.25) is 0 Å². The van der Waals surface area contributed by atoms with Crippen molar-refractivity contribution in [3.05, 3.63) is 29.7 Å². The highest BCUT2D eigenvalue weighted by Gasteiger charge is 2.12. The topological polar surface area (TPSA) is 40.5 Å². The largest absolute Gasteiger partial charge is 0.499 e. The summed E-state index contributed by atoms with van der Waals surface area (Å²) in [6.45, 7) is 3.59. The third-order valence-electron chi connectivity index (χ3n) is 1.31. The molecule has 0 aromatic carbocycles. The van der Waals surface area contributed by atoms with Gasteiger partial charge in [-0.15, -0.1) is 6.58 Å². The van der Waals surface area contributed by atoms with Gasteiger partial charge in [0.05, 0.1) is 0 Å². The summed E-state index contributed by atoms with van der Waals surface area (Å²) in [7, 11) is -1.33. The van der Waals surface area contributed by atoms with E-state index in [1.807, 2.05) is 5.38 Å². The van der Waals surface area contributed by atoms with Gasteiger partial charge in [-0.1, -0.05) is 6.08 Å². The van der Waals surface area contributed by atoms with Crippen LogP contribution < -0.4 is 4.78 Å². The third-order valence-corrected chi connectivity index (χ3v) is 2.33. The fourth-order valence-corrected chi connectivity index (χ4v) is 1.60. The molecular formula is C7H9BO2S. The SMILES string of the molecule is C=CCc1csc(B(O)O)c1. The van der Waals surface area contributed by atoms with Crippen LogP contribution in [0.25, 0.3) is 0 Å². The molecule has 0 spiro atoms. The van der Waals surface area contributed by atoms with E-state index in [9.17, 15) is 0 Å². The maximum atomic E-state index is 8.75. The average molecular weight is 168 g/mol. The number of rotatable bonds is 3. The van der Waals surface area contributed by atoms with Gasteiger partial charge in [0.25, 0.3) is 0 Å². The Morgan fingerprint density at radius 2 is 2.36 bits per heavy atom. The van der Waals surface area contributed by atoms with Crippen molar-refractivity contribution in [1.82, 2.24) is 0 Å². The van der Waals surface area contributed by atoms with Crippen LogP contribution in [0.3, 0.4) is 0 Å². The van der Waals surface area contributed by atoms with E-state index in [1.165, 1.54) is 11.3 Å². The molecule has 1 heterocycles. The Kier molecular flexibility index (Phi) is 2.88. The molecule has 58 valence electrons. The zero-order valence-corrected chi connectivity index (χ0v) is 6.84. The Balaban J connectivity index is 2.73. The summed E-state index contributed by atoms with van der Waals surface area (Å²) in [6.07, 6.45) is 2.57. The van der Waals surface area contributed by atoms with Gasteiger partial charge < -0.3 is 10.0 Å². The summed E-state index contributed by atoms with van der Waals surface area (Å²) in [5.74, 6) is 0. The molecule has 0 saturated carbocycles. The molecule has 0 radical (unpaired) electrons. The predicted molar refractivity (Wildman–Crippen MR) is 48.0 cm³/mol. The van der Waals surface area contributed by atoms with Crippen LogP contribution in [0.4, 0.5) is 0 Å². The molecule has 0 fully saturated rings. The molecule has 2 nitrogen and oxygen atoms in total. The Morgan fingerprint density at radius 1 is 1.64 bits per heavy atom. The quantitative estimate of drug-likeness (QED) is 0.498. The van der Waals surface area contributed by atoms with Crippen LogP contribution in [0.5, 0.6) is 0 Å². The molecule has 11 heavy (non-hydrogen) atoms. The van der Waals surface area contributed by atoms with Crippen LogP contribution in [0.1, 0.15) is 5.56 Å². The van der Waals surface area contributed by atoms with Crippen molar-refractivity contribution in [2.24, 2.45) is 0 Å². The minimum atomic E-state index is -1.33. The van der Waals surface area contributed by atoms with Crippen LogP contribution in [-0.4, -0.2) is 17.2 Å². The van der Waals surface area contributed by atoms with Crippen LogP contribution in [0.15, 0.2) is 24.1 Å². The van der Waals surface area contributed by atoms with Gasteiger partial charge in [0.1, 0.15) is 0 Å². The zero-order valence-electron chi connectivity index (χ0n) is 6.03. The van der Waals surface area contributed by atoms with E-state index >= 15 is 0 Å². The average Bonchev–Trinajstić information content (AvgIpc) is 2.37. The summed E-state index contributed by atoms with van der Waals surface area (Å²) in [4.78, 5) is 0. The first-order valence-electron chi connectivity index (χ1n) is 3.28. The van der Waals surface area contributed by atoms with E-state index in [2.05, 4.69) is 6.58 Å². The van der Waals surface area contributed by atoms with E-state index in [0.29, 0.717) is 4.78 Å². The number of hydrogen-bond donors (Lipinski definition) is 2. The summed E-state index contributed by atoms with van der Waals surface area (Å²) < 4.78 is 0.585. The second kappa shape index (κ2) is 3.71. The van der Waals surface area contributed by atoms with Gasteiger partial charge in [-0.2, -0.15) is 11.3 Å². The molecule has 1 aromatic rings. The highest BCUT2D eigenvalue weighted by atomic mass is 32.1. The first kappa shape index (κ1) is 8.52. The minimum Gasteiger partial charge on any atom is -0.423 e. The van der Waals surface area contributed by atoms with Gasteiger partial charge in [0, 0.05) is 4.78 Å².